The highest BCUT2D eigenvalue weighted by molar-refractivity contribution is 5.79. The molecule has 82 valence electrons. The van der Waals surface area contributed by atoms with Gasteiger partial charge in [-0.2, -0.15) is 0 Å². The third kappa shape index (κ3) is 1.30. The normalized spacial score (nSPS) is 23.6. The largest absolute Gasteiger partial charge is 0.481 e. The lowest BCUT2D eigenvalue weighted by molar-refractivity contribution is -0.138. The molecule has 4 heteroatoms. The number of aliphatic carboxylic acids is 1. The zero-order valence-corrected chi connectivity index (χ0v) is 8.92. The van der Waals surface area contributed by atoms with Crippen LogP contribution in [0.15, 0.2) is 24.5 Å². The summed E-state index contributed by atoms with van der Waals surface area (Å²) in [5.41, 5.74) is 3.12. The average molecular weight is 216 g/mol. The molecule has 2 aromatic rings. The fraction of sp³-hybridized carbons (Fsp3) is 0.333. The van der Waals surface area contributed by atoms with E-state index in [1.54, 1.807) is 6.33 Å². The van der Waals surface area contributed by atoms with Crippen LogP contribution in [0.1, 0.15) is 17.9 Å². The van der Waals surface area contributed by atoms with Crippen molar-refractivity contribution < 1.29 is 9.90 Å². The summed E-state index contributed by atoms with van der Waals surface area (Å²) in [7, 11) is 1.95. The number of hydrogen-bond acceptors (Lipinski definition) is 2. The molecule has 1 aliphatic carbocycles. The van der Waals surface area contributed by atoms with E-state index in [-0.39, 0.29) is 11.8 Å². The van der Waals surface area contributed by atoms with Gasteiger partial charge in [-0.15, -0.1) is 0 Å². The van der Waals surface area contributed by atoms with E-state index in [0.29, 0.717) is 0 Å². The number of fused-ring (bicyclic) bond motifs is 1. The molecule has 1 fully saturated rings. The van der Waals surface area contributed by atoms with Gasteiger partial charge in [0.25, 0.3) is 0 Å². The maximum absolute atomic E-state index is 10.8. The minimum Gasteiger partial charge on any atom is -0.481 e. The number of aromatic nitrogens is 2. The van der Waals surface area contributed by atoms with Crippen LogP contribution in [-0.2, 0) is 11.8 Å². The molecule has 1 aromatic heterocycles. The maximum Gasteiger partial charge on any atom is 0.307 e. The molecule has 0 bridgehead atoms. The molecule has 2 atom stereocenters. The second kappa shape index (κ2) is 3.07. The summed E-state index contributed by atoms with van der Waals surface area (Å²) in [6.45, 7) is 0. The van der Waals surface area contributed by atoms with E-state index in [1.807, 2.05) is 29.8 Å². The monoisotopic (exact) mass is 216 g/mol. The molecule has 3 rings (SSSR count). The number of hydrogen-bond donors (Lipinski definition) is 1. The van der Waals surface area contributed by atoms with Gasteiger partial charge in [0.05, 0.1) is 23.3 Å². The first-order chi connectivity index (χ1) is 7.66. The van der Waals surface area contributed by atoms with Crippen LogP contribution in [0.5, 0.6) is 0 Å². The molecular weight excluding hydrogens is 204 g/mol. The lowest BCUT2D eigenvalue weighted by atomic mass is 10.1. The van der Waals surface area contributed by atoms with Crippen molar-refractivity contribution in [1.29, 1.82) is 0 Å². The number of imidazole rings is 1. The van der Waals surface area contributed by atoms with Gasteiger partial charge in [0, 0.05) is 7.05 Å². The van der Waals surface area contributed by atoms with Crippen molar-refractivity contribution in [2.75, 3.05) is 0 Å². The third-order valence-electron chi connectivity index (χ3n) is 3.29. The Morgan fingerprint density at radius 3 is 3.06 bits per heavy atom. The molecule has 1 aliphatic rings. The van der Waals surface area contributed by atoms with Crippen LogP contribution in [0.4, 0.5) is 0 Å². The van der Waals surface area contributed by atoms with Crippen molar-refractivity contribution in [2.45, 2.75) is 12.3 Å². The zero-order chi connectivity index (χ0) is 11.3. The predicted octanol–water partition coefficient (Wildman–Crippen LogP) is 1.76. The van der Waals surface area contributed by atoms with Crippen molar-refractivity contribution in [1.82, 2.24) is 9.55 Å². The third-order valence-corrected chi connectivity index (χ3v) is 3.29. The Hall–Kier alpha value is -1.84. The second-order valence-corrected chi connectivity index (χ2v) is 4.39. The highest BCUT2D eigenvalue weighted by Crippen LogP contribution is 2.47. The Morgan fingerprint density at radius 2 is 2.38 bits per heavy atom. The zero-order valence-electron chi connectivity index (χ0n) is 8.92. The summed E-state index contributed by atoms with van der Waals surface area (Å²) in [5, 5.41) is 8.88. The molecule has 1 aromatic carbocycles. The summed E-state index contributed by atoms with van der Waals surface area (Å²) in [4.78, 5) is 15.1. The molecule has 16 heavy (non-hydrogen) atoms. The van der Waals surface area contributed by atoms with Crippen LogP contribution in [-0.4, -0.2) is 20.6 Å². The molecule has 0 saturated heterocycles. The van der Waals surface area contributed by atoms with Crippen molar-refractivity contribution in [3.05, 3.63) is 30.1 Å². The molecule has 1 N–H and O–H groups in total. The van der Waals surface area contributed by atoms with Gasteiger partial charge in [-0.05, 0) is 30.0 Å². The predicted molar refractivity (Wildman–Crippen MR) is 59.2 cm³/mol. The molecule has 2 unspecified atom stereocenters. The summed E-state index contributed by atoms with van der Waals surface area (Å²) >= 11 is 0. The van der Waals surface area contributed by atoms with E-state index in [0.717, 1.165) is 23.0 Å². The number of rotatable bonds is 2. The molecular formula is C12H12N2O2. The van der Waals surface area contributed by atoms with Gasteiger partial charge in [-0.3, -0.25) is 4.79 Å². The van der Waals surface area contributed by atoms with Crippen LogP contribution >= 0.6 is 0 Å². The van der Waals surface area contributed by atoms with Crippen LogP contribution in [0.3, 0.4) is 0 Å². The molecule has 0 spiro atoms. The smallest absolute Gasteiger partial charge is 0.307 e. The highest BCUT2D eigenvalue weighted by Gasteiger charge is 2.44. The van der Waals surface area contributed by atoms with Crippen molar-refractivity contribution >= 4 is 17.0 Å². The SMILES string of the molecule is Cn1cnc2cc(C3CC3C(=O)O)ccc21. The van der Waals surface area contributed by atoms with Gasteiger partial charge in [-0.1, -0.05) is 6.07 Å². The molecule has 0 amide bonds. The Bertz CT molecular complexity index is 573. The maximum atomic E-state index is 10.8. The van der Waals surface area contributed by atoms with Crippen molar-refractivity contribution in [3.8, 4) is 0 Å². The Labute approximate surface area is 92.5 Å². The lowest BCUT2D eigenvalue weighted by Gasteiger charge is -1.99. The number of benzene rings is 1. The van der Waals surface area contributed by atoms with Gasteiger partial charge >= 0.3 is 5.97 Å². The van der Waals surface area contributed by atoms with E-state index >= 15 is 0 Å². The summed E-state index contributed by atoms with van der Waals surface area (Å²) in [5.74, 6) is -0.698. The molecule has 1 saturated carbocycles. The van der Waals surface area contributed by atoms with E-state index in [2.05, 4.69) is 4.98 Å². The number of carboxylic acids is 1. The summed E-state index contributed by atoms with van der Waals surface area (Å²) < 4.78 is 1.96. The average Bonchev–Trinajstić information content (AvgIpc) is 2.99. The van der Waals surface area contributed by atoms with E-state index in [9.17, 15) is 4.79 Å². The van der Waals surface area contributed by atoms with Gasteiger partial charge in [0.1, 0.15) is 0 Å². The Balaban J connectivity index is 1.98. The van der Waals surface area contributed by atoms with Gasteiger partial charge in [0.2, 0.25) is 0 Å². The van der Waals surface area contributed by atoms with Crippen LogP contribution in [0, 0.1) is 5.92 Å². The number of nitrogens with zero attached hydrogens (tertiary/aromatic N) is 2. The number of aryl methyl sites for hydroxylation is 1. The molecule has 0 radical (unpaired) electrons. The van der Waals surface area contributed by atoms with Crippen molar-refractivity contribution in [3.63, 3.8) is 0 Å². The van der Waals surface area contributed by atoms with Gasteiger partial charge < -0.3 is 9.67 Å². The van der Waals surface area contributed by atoms with E-state index in [4.69, 9.17) is 5.11 Å². The van der Waals surface area contributed by atoms with Crippen LogP contribution < -0.4 is 0 Å². The second-order valence-electron chi connectivity index (χ2n) is 4.39. The fourth-order valence-corrected chi connectivity index (χ4v) is 2.22. The quantitative estimate of drug-likeness (QED) is 0.832. The summed E-state index contributed by atoms with van der Waals surface area (Å²) in [6.07, 6.45) is 2.53. The first kappa shape index (κ1) is 9.39. The van der Waals surface area contributed by atoms with E-state index in [1.165, 1.54) is 0 Å². The van der Waals surface area contributed by atoms with E-state index < -0.39 is 5.97 Å². The standard InChI is InChI=1S/C12H12N2O2/c1-14-6-13-10-4-7(2-3-11(10)14)8-5-9(8)12(15)16/h2-4,6,8-9H,5H2,1H3,(H,15,16). The highest BCUT2D eigenvalue weighted by atomic mass is 16.4. The minimum absolute atomic E-state index is 0.184. The van der Waals surface area contributed by atoms with Crippen LogP contribution in [0.25, 0.3) is 11.0 Å². The van der Waals surface area contributed by atoms with Crippen molar-refractivity contribution in [2.24, 2.45) is 13.0 Å². The molecule has 1 heterocycles. The number of carboxylic acid groups (broad SMARTS) is 1. The Kier molecular flexibility index (Phi) is 1.80. The van der Waals surface area contributed by atoms with Crippen LogP contribution in [0.2, 0.25) is 0 Å². The van der Waals surface area contributed by atoms with Gasteiger partial charge in [-0.25, -0.2) is 4.98 Å². The lowest BCUT2D eigenvalue weighted by Crippen LogP contribution is -1.98. The summed E-state index contributed by atoms with van der Waals surface area (Å²) in [6, 6.07) is 6.02. The topological polar surface area (TPSA) is 55.1 Å². The number of carbonyl (C=O) groups is 1. The molecule has 0 aliphatic heterocycles. The fourth-order valence-electron chi connectivity index (χ4n) is 2.22. The first-order valence-corrected chi connectivity index (χ1v) is 5.30. The first-order valence-electron chi connectivity index (χ1n) is 5.30. The minimum atomic E-state index is -0.689. The molecule has 4 nitrogen and oxygen atoms in total. The Morgan fingerprint density at radius 1 is 1.56 bits per heavy atom. The van der Waals surface area contributed by atoms with Gasteiger partial charge in [0.15, 0.2) is 0 Å².